The van der Waals surface area contributed by atoms with Gasteiger partial charge in [-0.2, -0.15) is 0 Å². The molecule has 0 aromatic heterocycles. The van der Waals surface area contributed by atoms with Crippen molar-refractivity contribution in [2.45, 2.75) is 77.2 Å². The molecule has 3 N–H and O–H groups in total. The SMILES string of the molecule is CCCCCCCCCCCCNC(=O)C(O)CO. The summed E-state index contributed by atoms with van der Waals surface area (Å²) in [7, 11) is 0. The molecule has 4 heteroatoms. The number of unbranched alkanes of at least 4 members (excludes halogenated alkanes) is 9. The Kier molecular flexibility index (Phi) is 13.4. The molecule has 0 aliphatic heterocycles. The molecule has 4 nitrogen and oxygen atoms in total. The summed E-state index contributed by atoms with van der Waals surface area (Å²) in [6.45, 7) is 2.31. The minimum absolute atomic E-state index is 0.474. The van der Waals surface area contributed by atoms with E-state index in [-0.39, 0.29) is 0 Å². The molecule has 0 aromatic rings. The van der Waals surface area contributed by atoms with Crippen molar-refractivity contribution < 1.29 is 15.0 Å². The Morgan fingerprint density at radius 1 is 0.947 bits per heavy atom. The molecule has 0 aliphatic carbocycles. The molecule has 0 heterocycles. The number of aliphatic hydroxyl groups excluding tert-OH is 2. The topological polar surface area (TPSA) is 69.6 Å². The zero-order valence-corrected chi connectivity index (χ0v) is 12.4. The summed E-state index contributed by atoms with van der Waals surface area (Å²) in [5, 5.41) is 20.2. The summed E-state index contributed by atoms with van der Waals surface area (Å²) in [5.41, 5.74) is 0. The van der Waals surface area contributed by atoms with Gasteiger partial charge in [-0.15, -0.1) is 0 Å². The van der Waals surface area contributed by atoms with Gasteiger partial charge in [-0.05, 0) is 6.42 Å². The highest BCUT2D eigenvalue weighted by molar-refractivity contribution is 5.80. The van der Waals surface area contributed by atoms with Gasteiger partial charge in [0.05, 0.1) is 6.61 Å². The zero-order valence-electron chi connectivity index (χ0n) is 12.4. The molecule has 0 saturated carbocycles. The highest BCUT2D eigenvalue weighted by Crippen LogP contribution is 2.10. The fourth-order valence-electron chi connectivity index (χ4n) is 2.02. The van der Waals surface area contributed by atoms with Crippen LogP contribution < -0.4 is 5.32 Å². The standard InChI is InChI=1S/C15H31NO3/c1-2-3-4-5-6-7-8-9-10-11-12-16-15(19)14(18)13-17/h14,17-18H,2-13H2,1H3,(H,16,19). The third-order valence-electron chi connectivity index (χ3n) is 3.31. The minimum atomic E-state index is -1.27. The van der Waals surface area contributed by atoms with Crippen molar-refractivity contribution in [3.63, 3.8) is 0 Å². The average molecular weight is 273 g/mol. The van der Waals surface area contributed by atoms with E-state index in [1.165, 1.54) is 51.4 Å². The van der Waals surface area contributed by atoms with Crippen molar-refractivity contribution in [1.82, 2.24) is 5.32 Å². The van der Waals surface area contributed by atoms with Gasteiger partial charge in [-0.25, -0.2) is 0 Å². The summed E-state index contributed by atoms with van der Waals surface area (Å²) in [6, 6.07) is 0. The van der Waals surface area contributed by atoms with E-state index in [2.05, 4.69) is 12.2 Å². The number of amides is 1. The summed E-state index contributed by atoms with van der Waals surface area (Å²) in [5.74, 6) is -0.474. The van der Waals surface area contributed by atoms with E-state index in [9.17, 15) is 4.79 Å². The van der Waals surface area contributed by atoms with Gasteiger partial charge < -0.3 is 15.5 Å². The monoisotopic (exact) mass is 273 g/mol. The van der Waals surface area contributed by atoms with E-state index >= 15 is 0 Å². The van der Waals surface area contributed by atoms with E-state index in [1.807, 2.05) is 0 Å². The fraction of sp³-hybridized carbons (Fsp3) is 0.933. The Hall–Kier alpha value is -0.610. The lowest BCUT2D eigenvalue weighted by atomic mass is 10.1. The Bertz CT molecular complexity index is 210. The van der Waals surface area contributed by atoms with Crippen LogP contribution in [0.15, 0.2) is 0 Å². The molecule has 114 valence electrons. The largest absolute Gasteiger partial charge is 0.393 e. The molecule has 1 atom stereocenters. The second-order valence-corrected chi connectivity index (χ2v) is 5.17. The Morgan fingerprint density at radius 3 is 1.89 bits per heavy atom. The Morgan fingerprint density at radius 2 is 1.42 bits per heavy atom. The van der Waals surface area contributed by atoms with Crippen LogP contribution in [0.2, 0.25) is 0 Å². The maximum absolute atomic E-state index is 11.1. The van der Waals surface area contributed by atoms with Crippen molar-refractivity contribution >= 4 is 5.91 Å². The first-order valence-corrected chi connectivity index (χ1v) is 7.79. The maximum Gasteiger partial charge on any atom is 0.251 e. The van der Waals surface area contributed by atoms with Gasteiger partial charge in [0.25, 0.3) is 5.91 Å². The van der Waals surface area contributed by atoms with Gasteiger partial charge in [0.1, 0.15) is 0 Å². The third-order valence-corrected chi connectivity index (χ3v) is 3.31. The number of carbonyl (C=O) groups is 1. The van der Waals surface area contributed by atoms with Crippen molar-refractivity contribution in [3.05, 3.63) is 0 Å². The molecule has 1 unspecified atom stereocenters. The van der Waals surface area contributed by atoms with Crippen molar-refractivity contribution in [1.29, 1.82) is 0 Å². The normalized spacial score (nSPS) is 12.4. The van der Waals surface area contributed by atoms with Gasteiger partial charge in [0.15, 0.2) is 6.10 Å². The predicted molar refractivity (Wildman–Crippen MR) is 77.9 cm³/mol. The first kappa shape index (κ1) is 18.4. The molecule has 0 aliphatic rings. The number of rotatable bonds is 13. The minimum Gasteiger partial charge on any atom is -0.393 e. The molecular weight excluding hydrogens is 242 g/mol. The second-order valence-electron chi connectivity index (χ2n) is 5.17. The Labute approximate surface area is 117 Å². The quantitative estimate of drug-likeness (QED) is 0.451. The first-order chi connectivity index (χ1) is 9.22. The molecule has 0 spiro atoms. The van der Waals surface area contributed by atoms with Crippen LogP contribution in [0.1, 0.15) is 71.1 Å². The van der Waals surface area contributed by atoms with E-state index < -0.39 is 18.6 Å². The summed E-state index contributed by atoms with van der Waals surface area (Å²) >= 11 is 0. The predicted octanol–water partition coefficient (Wildman–Crippen LogP) is 2.38. The molecule has 0 saturated heterocycles. The molecule has 0 rings (SSSR count). The zero-order chi connectivity index (χ0) is 14.3. The molecule has 0 fully saturated rings. The average Bonchev–Trinajstić information content (AvgIpc) is 2.43. The number of aliphatic hydroxyl groups is 2. The van der Waals surface area contributed by atoms with Crippen LogP contribution >= 0.6 is 0 Å². The summed E-state index contributed by atoms with van der Waals surface area (Å²) in [6.07, 6.45) is 11.3. The van der Waals surface area contributed by atoms with Gasteiger partial charge >= 0.3 is 0 Å². The molecule has 0 bridgehead atoms. The highest BCUT2D eigenvalue weighted by atomic mass is 16.3. The Balaban J connectivity index is 3.13. The van der Waals surface area contributed by atoms with Crippen LogP contribution in [0.25, 0.3) is 0 Å². The van der Waals surface area contributed by atoms with Crippen molar-refractivity contribution in [2.24, 2.45) is 0 Å². The lowest BCUT2D eigenvalue weighted by Gasteiger charge is -2.08. The summed E-state index contributed by atoms with van der Waals surface area (Å²) < 4.78 is 0. The maximum atomic E-state index is 11.1. The van der Waals surface area contributed by atoms with Crippen molar-refractivity contribution in [3.8, 4) is 0 Å². The number of hydrogen-bond acceptors (Lipinski definition) is 3. The molecular formula is C15H31NO3. The number of hydrogen-bond donors (Lipinski definition) is 3. The lowest BCUT2D eigenvalue weighted by molar-refractivity contribution is -0.131. The van der Waals surface area contributed by atoms with Crippen LogP contribution in [0.4, 0.5) is 0 Å². The highest BCUT2D eigenvalue weighted by Gasteiger charge is 2.11. The lowest BCUT2D eigenvalue weighted by Crippen LogP contribution is -2.37. The third kappa shape index (κ3) is 12.2. The van der Waals surface area contributed by atoms with Gasteiger partial charge in [0, 0.05) is 6.54 Å². The smallest absolute Gasteiger partial charge is 0.251 e. The van der Waals surface area contributed by atoms with Gasteiger partial charge in [-0.1, -0.05) is 64.7 Å². The van der Waals surface area contributed by atoms with E-state index in [0.29, 0.717) is 6.54 Å². The van der Waals surface area contributed by atoms with Crippen LogP contribution in [0, 0.1) is 0 Å². The van der Waals surface area contributed by atoms with Crippen LogP contribution in [0.5, 0.6) is 0 Å². The van der Waals surface area contributed by atoms with E-state index in [4.69, 9.17) is 10.2 Å². The molecule has 0 aromatic carbocycles. The van der Waals surface area contributed by atoms with Gasteiger partial charge in [0.2, 0.25) is 0 Å². The second kappa shape index (κ2) is 13.8. The number of nitrogens with one attached hydrogen (secondary N) is 1. The summed E-state index contributed by atoms with van der Waals surface area (Å²) in [4.78, 5) is 11.1. The number of carbonyl (C=O) groups excluding carboxylic acids is 1. The van der Waals surface area contributed by atoms with Crippen molar-refractivity contribution in [2.75, 3.05) is 13.2 Å². The van der Waals surface area contributed by atoms with Gasteiger partial charge in [-0.3, -0.25) is 4.79 Å². The van der Waals surface area contributed by atoms with Crippen LogP contribution in [0.3, 0.4) is 0 Å². The van der Waals surface area contributed by atoms with E-state index in [1.54, 1.807) is 0 Å². The van der Waals surface area contributed by atoms with Crippen LogP contribution in [-0.4, -0.2) is 35.4 Å². The molecule has 19 heavy (non-hydrogen) atoms. The van der Waals surface area contributed by atoms with E-state index in [0.717, 1.165) is 12.8 Å². The molecule has 1 amide bonds. The first-order valence-electron chi connectivity index (χ1n) is 7.79. The molecule has 0 radical (unpaired) electrons. The fourth-order valence-corrected chi connectivity index (χ4v) is 2.02. The van der Waals surface area contributed by atoms with Crippen LogP contribution in [-0.2, 0) is 4.79 Å².